The first-order valence-electron chi connectivity index (χ1n) is 4.47. The summed E-state index contributed by atoms with van der Waals surface area (Å²) in [6.45, 7) is 3.96. The van der Waals surface area contributed by atoms with Gasteiger partial charge in [-0.15, -0.1) is 0 Å². The number of benzene rings is 1. The van der Waals surface area contributed by atoms with E-state index >= 15 is 0 Å². The molecule has 0 amide bonds. The summed E-state index contributed by atoms with van der Waals surface area (Å²) in [5.74, 6) is 0. The normalized spacial score (nSPS) is 11.6. The van der Waals surface area contributed by atoms with Crippen molar-refractivity contribution in [2.75, 3.05) is 0 Å². The molecule has 12 heavy (non-hydrogen) atoms. The van der Waals surface area contributed by atoms with Crippen molar-refractivity contribution in [2.45, 2.75) is 22.7 Å². The maximum absolute atomic E-state index is 14.2. The van der Waals surface area contributed by atoms with E-state index in [4.69, 9.17) is 0 Å². The SMILES string of the molecule is C[CH2][Sn]([F])([CH2]C)[c]1ccccc1. The molecule has 1 aromatic carbocycles. The molecule has 0 aliphatic rings. The van der Waals surface area contributed by atoms with Gasteiger partial charge >= 0.3 is 78.4 Å². The van der Waals surface area contributed by atoms with Gasteiger partial charge in [0, 0.05) is 0 Å². The Bertz CT molecular complexity index is 229. The molecule has 0 fully saturated rings. The number of hydrogen-bond acceptors (Lipinski definition) is 0. The molecule has 0 bridgehead atoms. The maximum atomic E-state index is 14.2. The molecule has 0 saturated carbocycles. The number of hydrogen-bond donors (Lipinski definition) is 0. The quantitative estimate of drug-likeness (QED) is 0.743. The molecule has 0 N–H and O–H groups in total. The Balaban J connectivity index is 2.95. The predicted octanol–water partition coefficient (Wildman–Crippen LogP) is 2.85. The van der Waals surface area contributed by atoms with E-state index < -0.39 is 18.9 Å². The molecule has 0 heterocycles. The van der Waals surface area contributed by atoms with Gasteiger partial charge in [0.05, 0.1) is 0 Å². The zero-order chi connectivity index (χ0) is 9.03. The van der Waals surface area contributed by atoms with Gasteiger partial charge in [0.1, 0.15) is 0 Å². The van der Waals surface area contributed by atoms with Crippen LogP contribution in [0.25, 0.3) is 0 Å². The molecule has 0 aromatic heterocycles. The minimum absolute atomic E-state index is 0.759. The molecular formula is C10H15FSn. The third kappa shape index (κ3) is 2.00. The number of halogens is 1. The molecular weight excluding hydrogens is 258 g/mol. The van der Waals surface area contributed by atoms with Gasteiger partial charge in [-0.3, -0.25) is 0 Å². The van der Waals surface area contributed by atoms with Crippen molar-refractivity contribution in [1.82, 2.24) is 0 Å². The zero-order valence-corrected chi connectivity index (χ0v) is 10.5. The van der Waals surface area contributed by atoms with Gasteiger partial charge in [0.2, 0.25) is 0 Å². The van der Waals surface area contributed by atoms with Gasteiger partial charge in [0.15, 0.2) is 0 Å². The second kappa shape index (κ2) is 4.26. The molecule has 0 saturated heterocycles. The molecule has 0 nitrogen and oxygen atoms in total. The summed E-state index contributed by atoms with van der Waals surface area (Å²) in [5.41, 5.74) is 0. The third-order valence-corrected chi connectivity index (χ3v) is 12.7. The van der Waals surface area contributed by atoms with Crippen LogP contribution in [0.2, 0.25) is 8.87 Å². The van der Waals surface area contributed by atoms with E-state index in [1.165, 1.54) is 0 Å². The second-order valence-corrected chi connectivity index (χ2v) is 14.2. The summed E-state index contributed by atoms with van der Waals surface area (Å²) < 4.78 is 16.7. The van der Waals surface area contributed by atoms with E-state index in [1.54, 1.807) is 0 Å². The fourth-order valence-corrected chi connectivity index (χ4v) is 7.41. The molecule has 0 aliphatic heterocycles. The zero-order valence-electron chi connectivity index (χ0n) is 7.68. The molecule has 0 unspecified atom stereocenters. The van der Waals surface area contributed by atoms with Crippen LogP contribution in [-0.2, 0) is 0 Å². The predicted molar refractivity (Wildman–Crippen MR) is 53.9 cm³/mol. The molecule has 66 valence electrons. The van der Waals surface area contributed by atoms with Crippen molar-refractivity contribution in [3.05, 3.63) is 30.3 Å². The van der Waals surface area contributed by atoms with Crippen LogP contribution in [-0.4, -0.2) is 18.9 Å². The summed E-state index contributed by atoms with van der Waals surface area (Å²) in [5, 5.41) is 0. The average Bonchev–Trinajstić information content (AvgIpc) is 2.18. The van der Waals surface area contributed by atoms with Crippen LogP contribution in [0.4, 0.5) is 2.87 Å². The van der Waals surface area contributed by atoms with Gasteiger partial charge in [-0.25, -0.2) is 0 Å². The van der Waals surface area contributed by atoms with Gasteiger partial charge in [-0.2, -0.15) is 0 Å². The van der Waals surface area contributed by atoms with Crippen LogP contribution in [0.5, 0.6) is 0 Å². The van der Waals surface area contributed by atoms with Gasteiger partial charge in [0.25, 0.3) is 0 Å². The molecule has 0 atom stereocenters. The monoisotopic (exact) mass is 274 g/mol. The standard InChI is InChI=1S/C6H5.2C2H5.FH.Sn/c1-2-4-6-5-3-1;2*1-2;;/h1-5H;2*1H2,2H3;1H;/q;;;;+1/p-1. The van der Waals surface area contributed by atoms with E-state index in [1.807, 2.05) is 44.2 Å². The fourth-order valence-electron chi connectivity index (χ4n) is 1.40. The Morgan fingerprint density at radius 3 is 2.00 bits per heavy atom. The third-order valence-electron chi connectivity index (χ3n) is 2.41. The second-order valence-electron chi connectivity index (χ2n) is 3.04. The Labute approximate surface area is 78.5 Å². The van der Waals surface area contributed by atoms with E-state index in [2.05, 4.69) is 0 Å². The van der Waals surface area contributed by atoms with Gasteiger partial charge < -0.3 is 0 Å². The molecule has 0 aliphatic carbocycles. The molecule has 2 heteroatoms. The van der Waals surface area contributed by atoms with Crippen molar-refractivity contribution in [1.29, 1.82) is 0 Å². The minimum atomic E-state index is -3.32. The summed E-state index contributed by atoms with van der Waals surface area (Å²) in [6.07, 6.45) is 0. The molecule has 1 rings (SSSR count). The summed E-state index contributed by atoms with van der Waals surface area (Å²) >= 11 is -3.32. The van der Waals surface area contributed by atoms with E-state index in [9.17, 15) is 2.87 Å². The Kier molecular flexibility index (Phi) is 3.56. The summed E-state index contributed by atoms with van der Waals surface area (Å²) in [6, 6.07) is 9.71. The van der Waals surface area contributed by atoms with Gasteiger partial charge in [-0.05, 0) is 0 Å². The van der Waals surface area contributed by atoms with Crippen LogP contribution in [0, 0.1) is 0 Å². The van der Waals surface area contributed by atoms with Crippen LogP contribution in [0.15, 0.2) is 30.3 Å². The molecule has 1 aromatic rings. The van der Waals surface area contributed by atoms with Crippen LogP contribution in [0.3, 0.4) is 0 Å². The number of rotatable bonds is 3. The fraction of sp³-hybridized carbons (Fsp3) is 0.400. The molecule has 0 spiro atoms. The average molecular weight is 273 g/mol. The van der Waals surface area contributed by atoms with Crippen LogP contribution >= 0.6 is 0 Å². The Hall–Kier alpha value is -0.0513. The first-order chi connectivity index (χ1) is 5.73. The van der Waals surface area contributed by atoms with Crippen molar-refractivity contribution in [2.24, 2.45) is 0 Å². The molecule has 0 radical (unpaired) electrons. The van der Waals surface area contributed by atoms with E-state index in [0.717, 1.165) is 12.5 Å². The first kappa shape index (κ1) is 10.0. The van der Waals surface area contributed by atoms with Gasteiger partial charge in [-0.1, -0.05) is 0 Å². The first-order valence-corrected chi connectivity index (χ1v) is 11.0. The summed E-state index contributed by atoms with van der Waals surface area (Å²) in [4.78, 5) is 0. The van der Waals surface area contributed by atoms with Crippen molar-refractivity contribution in [3.8, 4) is 0 Å². The van der Waals surface area contributed by atoms with Crippen LogP contribution in [0.1, 0.15) is 13.8 Å². The van der Waals surface area contributed by atoms with Crippen molar-refractivity contribution < 1.29 is 2.87 Å². The van der Waals surface area contributed by atoms with E-state index in [0.29, 0.717) is 0 Å². The van der Waals surface area contributed by atoms with Crippen molar-refractivity contribution >= 4 is 22.5 Å². The Morgan fingerprint density at radius 1 is 1.08 bits per heavy atom. The topological polar surface area (TPSA) is 0 Å². The van der Waals surface area contributed by atoms with Crippen LogP contribution < -0.4 is 3.58 Å². The Morgan fingerprint density at radius 2 is 1.58 bits per heavy atom. The van der Waals surface area contributed by atoms with Crippen molar-refractivity contribution in [3.63, 3.8) is 0 Å². The summed E-state index contributed by atoms with van der Waals surface area (Å²) in [7, 11) is 0. The van der Waals surface area contributed by atoms with E-state index in [-0.39, 0.29) is 0 Å².